The standard InChI is InChI=1S/C20H32N4O/c1-3-5-19-16-23(12-9-22-19)10-4-13-25-20-7-6-18-15-24(21-2)11-8-17(18)14-20/h5-7,14,21-22H,3-4,8-13,15-16H2,1-2H3/b19-5+. The van der Waals surface area contributed by atoms with Crippen molar-refractivity contribution in [3.63, 3.8) is 0 Å². The van der Waals surface area contributed by atoms with Crippen LogP contribution >= 0.6 is 0 Å². The fourth-order valence-corrected chi connectivity index (χ4v) is 3.61. The largest absolute Gasteiger partial charge is 0.494 e. The maximum Gasteiger partial charge on any atom is 0.119 e. The quantitative estimate of drug-likeness (QED) is 0.742. The van der Waals surface area contributed by atoms with E-state index in [1.807, 2.05) is 7.05 Å². The van der Waals surface area contributed by atoms with Gasteiger partial charge in [-0.2, -0.15) is 0 Å². The van der Waals surface area contributed by atoms with Crippen LogP contribution in [0.1, 0.15) is 30.9 Å². The summed E-state index contributed by atoms with van der Waals surface area (Å²) < 4.78 is 6.00. The number of hydrogen-bond acceptors (Lipinski definition) is 5. The Balaban J connectivity index is 1.41. The van der Waals surface area contributed by atoms with Crippen molar-refractivity contribution in [1.82, 2.24) is 20.7 Å². The molecule has 2 heterocycles. The number of hydrazine groups is 1. The molecule has 3 rings (SSSR count). The number of piperazine rings is 1. The van der Waals surface area contributed by atoms with Crippen LogP contribution in [0.4, 0.5) is 0 Å². The highest BCUT2D eigenvalue weighted by Gasteiger charge is 2.16. The minimum atomic E-state index is 0.790. The summed E-state index contributed by atoms with van der Waals surface area (Å²) in [6.07, 6.45) is 5.55. The molecule has 25 heavy (non-hydrogen) atoms. The molecule has 138 valence electrons. The molecule has 5 nitrogen and oxygen atoms in total. The molecule has 0 bridgehead atoms. The van der Waals surface area contributed by atoms with E-state index >= 15 is 0 Å². The molecule has 0 atom stereocenters. The first-order chi connectivity index (χ1) is 12.3. The molecule has 0 amide bonds. The van der Waals surface area contributed by atoms with Gasteiger partial charge in [-0.15, -0.1) is 0 Å². The summed E-state index contributed by atoms with van der Waals surface area (Å²) >= 11 is 0. The summed E-state index contributed by atoms with van der Waals surface area (Å²) in [5.41, 5.74) is 7.44. The van der Waals surface area contributed by atoms with Gasteiger partial charge in [0.05, 0.1) is 6.61 Å². The smallest absolute Gasteiger partial charge is 0.119 e. The Bertz CT molecular complexity index is 587. The summed E-state index contributed by atoms with van der Waals surface area (Å²) in [6, 6.07) is 6.56. The Kier molecular flexibility index (Phi) is 6.73. The highest BCUT2D eigenvalue weighted by molar-refractivity contribution is 5.37. The number of ether oxygens (including phenoxy) is 1. The van der Waals surface area contributed by atoms with Crippen molar-refractivity contribution in [3.8, 4) is 5.75 Å². The maximum atomic E-state index is 6.00. The third kappa shape index (κ3) is 5.21. The lowest BCUT2D eigenvalue weighted by Gasteiger charge is -2.30. The van der Waals surface area contributed by atoms with Gasteiger partial charge in [-0.05, 0) is 49.6 Å². The van der Waals surface area contributed by atoms with Gasteiger partial charge in [0.2, 0.25) is 0 Å². The molecule has 1 saturated heterocycles. The number of nitrogens with one attached hydrogen (secondary N) is 2. The van der Waals surface area contributed by atoms with E-state index in [2.05, 4.69) is 51.9 Å². The first kappa shape index (κ1) is 18.2. The van der Waals surface area contributed by atoms with E-state index in [1.54, 1.807) is 0 Å². The van der Waals surface area contributed by atoms with Crippen molar-refractivity contribution < 1.29 is 4.74 Å². The zero-order chi connectivity index (χ0) is 17.5. The van der Waals surface area contributed by atoms with Gasteiger partial charge >= 0.3 is 0 Å². The molecule has 2 aliphatic rings. The normalized spacial score (nSPS) is 20.3. The second-order valence-electron chi connectivity index (χ2n) is 6.87. The van der Waals surface area contributed by atoms with Crippen LogP contribution in [-0.2, 0) is 13.0 Å². The van der Waals surface area contributed by atoms with Crippen LogP contribution < -0.4 is 15.5 Å². The predicted octanol–water partition coefficient (Wildman–Crippen LogP) is 2.15. The molecule has 5 heteroatoms. The van der Waals surface area contributed by atoms with Crippen molar-refractivity contribution in [1.29, 1.82) is 0 Å². The first-order valence-electron chi connectivity index (χ1n) is 9.60. The van der Waals surface area contributed by atoms with Crippen molar-refractivity contribution in [3.05, 3.63) is 41.1 Å². The molecular weight excluding hydrogens is 312 g/mol. The van der Waals surface area contributed by atoms with Crippen molar-refractivity contribution in [2.45, 2.75) is 32.7 Å². The topological polar surface area (TPSA) is 39.8 Å². The summed E-state index contributed by atoms with van der Waals surface area (Å²) in [6.45, 7) is 9.35. The highest BCUT2D eigenvalue weighted by Crippen LogP contribution is 2.23. The molecule has 1 aromatic rings. The molecule has 2 N–H and O–H groups in total. The predicted molar refractivity (Wildman–Crippen MR) is 103 cm³/mol. The molecule has 0 aromatic heterocycles. The summed E-state index contributed by atoms with van der Waals surface area (Å²) in [5, 5.41) is 5.73. The fraction of sp³-hybridized carbons (Fsp3) is 0.600. The average Bonchev–Trinajstić information content (AvgIpc) is 2.65. The minimum Gasteiger partial charge on any atom is -0.494 e. The van der Waals surface area contributed by atoms with Crippen LogP contribution in [0, 0.1) is 0 Å². The Morgan fingerprint density at radius 3 is 3.00 bits per heavy atom. The fourth-order valence-electron chi connectivity index (χ4n) is 3.61. The van der Waals surface area contributed by atoms with Crippen molar-refractivity contribution in [2.75, 3.05) is 46.4 Å². The summed E-state index contributed by atoms with van der Waals surface area (Å²) in [7, 11) is 1.99. The molecule has 0 unspecified atom stereocenters. The van der Waals surface area contributed by atoms with E-state index < -0.39 is 0 Å². The second kappa shape index (κ2) is 9.22. The van der Waals surface area contributed by atoms with Crippen LogP contribution in [0.15, 0.2) is 30.0 Å². The lowest BCUT2D eigenvalue weighted by molar-refractivity contribution is 0.188. The van der Waals surface area contributed by atoms with Crippen LogP contribution in [0.2, 0.25) is 0 Å². The third-order valence-corrected chi connectivity index (χ3v) is 5.02. The average molecular weight is 345 g/mol. The zero-order valence-electron chi connectivity index (χ0n) is 15.7. The van der Waals surface area contributed by atoms with Gasteiger partial charge in [-0.1, -0.05) is 19.1 Å². The SMILES string of the molecule is CC/C=C1\CN(CCCOc2ccc3c(c2)CCN(NC)C3)CCN1. The number of hydrogen-bond donors (Lipinski definition) is 2. The molecule has 0 spiro atoms. The van der Waals surface area contributed by atoms with E-state index in [9.17, 15) is 0 Å². The number of nitrogens with zero attached hydrogens (tertiary/aromatic N) is 2. The van der Waals surface area contributed by atoms with Gasteiger partial charge < -0.3 is 10.1 Å². The van der Waals surface area contributed by atoms with E-state index in [4.69, 9.17) is 4.74 Å². The Morgan fingerprint density at radius 1 is 1.24 bits per heavy atom. The van der Waals surface area contributed by atoms with Gasteiger partial charge in [-0.25, -0.2) is 5.01 Å². The van der Waals surface area contributed by atoms with Crippen LogP contribution in [0.25, 0.3) is 0 Å². The zero-order valence-corrected chi connectivity index (χ0v) is 15.7. The van der Waals surface area contributed by atoms with Crippen LogP contribution in [0.5, 0.6) is 5.75 Å². The molecular formula is C20H32N4O. The number of allylic oxidation sites excluding steroid dienone is 1. The summed E-state index contributed by atoms with van der Waals surface area (Å²) in [4.78, 5) is 2.51. The van der Waals surface area contributed by atoms with E-state index in [0.717, 1.165) is 70.9 Å². The van der Waals surface area contributed by atoms with E-state index in [-0.39, 0.29) is 0 Å². The lowest BCUT2D eigenvalue weighted by atomic mass is 10.0. The molecule has 0 saturated carbocycles. The van der Waals surface area contributed by atoms with Crippen LogP contribution in [-0.4, -0.2) is 56.3 Å². The van der Waals surface area contributed by atoms with Gasteiger partial charge in [0.1, 0.15) is 5.75 Å². The van der Waals surface area contributed by atoms with Crippen LogP contribution in [0.3, 0.4) is 0 Å². The maximum absolute atomic E-state index is 6.00. The second-order valence-corrected chi connectivity index (χ2v) is 6.87. The number of benzene rings is 1. The molecule has 0 aliphatic carbocycles. The highest BCUT2D eigenvalue weighted by atomic mass is 16.5. The summed E-state index contributed by atoms with van der Waals surface area (Å²) in [5.74, 6) is 1.02. The monoisotopic (exact) mass is 344 g/mol. The van der Waals surface area contributed by atoms with Gasteiger partial charge in [0, 0.05) is 45.0 Å². The van der Waals surface area contributed by atoms with Crippen molar-refractivity contribution in [2.24, 2.45) is 0 Å². The lowest BCUT2D eigenvalue weighted by Crippen LogP contribution is -2.42. The van der Waals surface area contributed by atoms with Gasteiger partial charge in [0.15, 0.2) is 0 Å². The van der Waals surface area contributed by atoms with E-state index in [0.29, 0.717) is 0 Å². The van der Waals surface area contributed by atoms with Gasteiger partial charge in [0.25, 0.3) is 0 Å². The Labute approximate surface area is 152 Å². The first-order valence-corrected chi connectivity index (χ1v) is 9.60. The van der Waals surface area contributed by atoms with Crippen molar-refractivity contribution >= 4 is 0 Å². The molecule has 1 aromatic carbocycles. The molecule has 2 aliphatic heterocycles. The van der Waals surface area contributed by atoms with E-state index in [1.165, 1.54) is 16.8 Å². The molecule has 0 radical (unpaired) electrons. The number of fused-ring (bicyclic) bond motifs is 1. The molecule has 1 fully saturated rings. The minimum absolute atomic E-state index is 0.790. The Morgan fingerprint density at radius 2 is 2.16 bits per heavy atom. The Hall–Kier alpha value is -1.56. The van der Waals surface area contributed by atoms with Gasteiger partial charge in [-0.3, -0.25) is 10.3 Å². The third-order valence-electron chi connectivity index (χ3n) is 5.02. The number of rotatable bonds is 7.